The molecule has 0 unspecified atom stereocenters. The standard InChI is InChI=1S/C21H20N2O4S/c1-3-17-12-19(21(24)25)20(16-8-6-15(13-22)7-9-16)23(17)28(26,27)18-10-4-14(2)5-11-18/h4-12,17,20H,3H2,1-2H3,(H,24,25)/t17-,20+/m1/s1. The summed E-state index contributed by atoms with van der Waals surface area (Å²) in [7, 11) is -3.94. The molecule has 0 bridgehead atoms. The summed E-state index contributed by atoms with van der Waals surface area (Å²) in [5.74, 6) is -1.16. The van der Waals surface area contributed by atoms with Gasteiger partial charge >= 0.3 is 5.97 Å². The van der Waals surface area contributed by atoms with Crippen molar-refractivity contribution in [3.63, 3.8) is 0 Å². The maximum atomic E-state index is 13.4. The molecule has 0 spiro atoms. The van der Waals surface area contributed by atoms with E-state index in [9.17, 15) is 18.3 Å². The molecule has 1 aliphatic rings. The highest BCUT2D eigenvalue weighted by molar-refractivity contribution is 7.89. The van der Waals surface area contributed by atoms with Gasteiger partial charge in [-0.05, 0) is 43.2 Å². The van der Waals surface area contributed by atoms with Crippen LogP contribution in [0.4, 0.5) is 0 Å². The van der Waals surface area contributed by atoms with Gasteiger partial charge in [-0.25, -0.2) is 13.2 Å². The molecule has 0 saturated carbocycles. The van der Waals surface area contributed by atoms with Gasteiger partial charge in [0.2, 0.25) is 10.0 Å². The predicted octanol–water partition coefficient (Wildman–Crippen LogP) is 3.40. The number of hydrogen-bond acceptors (Lipinski definition) is 4. The van der Waals surface area contributed by atoms with E-state index in [4.69, 9.17) is 5.26 Å². The summed E-state index contributed by atoms with van der Waals surface area (Å²) < 4.78 is 28.1. The van der Waals surface area contributed by atoms with Crippen LogP contribution in [0.2, 0.25) is 0 Å². The number of nitriles is 1. The molecule has 1 aliphatic heterocycles. The molecular weight excluding hydrogens is 376 g/mol. The Labute approximate surface area is 164 Å². The lowest BCUT2D eigenvalue weighted by molar-refractivity contribution is -0.133. The van der Waals surface area contributed by atoms with E-state index < -0.39 is 28.1 Å². The second-order valence-corrected chi connectivity index (χ2v) is 8.53. The largest absolute Gasteiger partial charge is 0.478 e. The van der Waals surface area contributed by atoms with Crippen LogP contribution in [-0.4, -0.2) is 29.8 Å². The van der Waals surface area contributed by atoms with Crippen molar-refractivity contribution in [2.75, 3.05) is 0 Å². The molecule has 0 aliphatic carbocycles. The van der Waals surface area contributed by atoms with Crippen molar-refractivity contribution in [3.8, 4) is 6.07 Å². The third-order valence-electron chi connectivity index (χ3n) is 4.87. The lowest BCUT2D eigenvalue weighted by atomic mass is 10.00. The van der Waals surface area contributed by atoms with E-state index in [2.05, 4.69) is 0 Å². The summed E-state index contributed by atoms with van der Waals surface area (Å²) >= 11 is 0. The van der Waals surface area contributed by atoms with Crippen LogP contribution in [0, 0.1) is 18.3 Å². The number of aryl methyl sites for hydroxylation is 1. The fourth-order valence-electron chi connectivity index (χ4n) is 3.40. The van der Waals surface area contributed by atoms with Crippen molar-refractivity contribution in [1.82, 2.24) is 4.31 Å². The first kappa shape index (κ1) is 19.8. The molecule has 0 amide bonds. The number of sulfonamides is 1. The minimum Gasteiger partial charge on any atom is -0.478 e. The van der Waals surface area contributed by atoms with Crippen LogP contribution >= 0.6 is 0 Å². The molecule has 2 aromatic rings. The van der Waals surface area contributed by atoms with Crippen molar-refractivity contribution >= 4 is 16.0 Å². The minimum atomic E-state index is -3.94. The Bertz CT molecular complexity index is 1060. The number of carboxylic acids is 1. The van der Waals surface area contributed by atoms with E-state index in [0.717, 1.165) is 5.56 Å². The van der Waals surface area contributed by atoms with Gasteiger partial charge < -0.3 is 5.11 Å². The molecule has 0 aromatic heterocycles. The Morgan fingerprint density at radius 1 is 1.14 bits per heavy atom. The van der Waals surface area contributed by atoms with Gasteiger partial charge in [0.15, 0.2) is 0 Å². The van der Waals surface area contributed by atoms with Gasteiger partial charge in [-0.3, -0.25) is 0 Å². The van der Waals surface area contributed by atoms with Gasteiger partial charge in [0, 0.05) is 6.04 Å². The van der Waals surface area contributed by atoms with Crippen LogP contribution in [0.25, 0.3) is 0 Å². The summed E-state index contributed by atoms with van der Waals surface area (Å²) in [4.78, 5) is 12.0. The minimum absolute atomic E-state index is 0.0206. The fourth-order valence-corrected chi connectivity index (χ4v) is 5.20. The molecule has 0 saturated heterocycles. The molecule has 0 fully saturated rings. The molecule has 28 heavy (non-hydrogen) atoms. The van der Waals surface area contributed by atoms with Gasteiger partial charge in [0.1, 0.15) is 0 Å². The summed E-state index contributed by atoms with van der Waals surface area (Å²) in [6.07, 6.45) is 1.95. The maximum Gasteiger partial charge on any atom is 0.333 e. The van der Waals surface area contributed by atoms with E-state index in [1.54, 1.807) is 36.4 Å². The normalized spacial score (nSPS) is 19.8. The fraction of sp³-hybridized carbons (Fsp3) is 0.238. The second kappa shape index (κ2) is 7.58. The lowest BCUT2D eigenvalue weighted by Crippen LogP contribution is -2.38. The summed E-state index contributed by atoms with van der Waals surface area (Å²) in [6.45, 7) is 3.68. The van der Waals surface area contributed by atoms with E-state index in [-0.39, 0.29) is 10.5 Å². The summed E-state index contributed by atoms with van der Waals surface area (Å²) in [5, 5.41) is 18.7. The Morgan fingerprint density at radius 2 is 1.75 bits per heavy atom. The third-order valence-corrected chi connectivity index (χ3v) is 6.77. The molecule has 7 heteroatoms. The Hall–Kier alpha value is -2.95. The van der Waals surface area contributed by atoms with Gasteiger partial charge in [-0.2, -0.15) is 9.57 Å². The van der Waals surface area contributed by atoms with E-state index in [0.29, 0.717) is 17.5 Å². The number of benzene rings is 2. The van der Waals surface area contributed by atoms with Crippen LogP contribution in [0.1, 0.15) is 36.1 Å². The van der Waals surface area contributed by atoms with Gasteiger partial charge in [-0.1, -0.05) is 42.8 Å². The molecule has 6 nitrogen and oxygen atoms in total. The molecule has 3 rings (SSSR count). The van der Waals surface area contributed by atoms with Crippen molar-refractivity contribution in [2.24, 2.45) is 0 Å². The topological polar surface area (TPSA) is 98.5 Å². The summed E-state index contributed by atoms with van der Waals surface area (Å²) in [6, 6.07) is 13.3. The summed E-state index contributed by atoms with van der Waals surface area (Å²) in [5.41, 5.74) is 1.88. The molecular formula is C21H20N2O4S. The number of carboxylic acid groups (broad SMARTS) is 1. The van der Waals surface area contributed by atoms with Crippen molar-refractivity contribution in [1.29, 1.82) is 5.26 Å². The second-order valence-electron chi connectivity index (χ2n) is 6.69. The van der Waals surface area contributed by atoms with Crippen LogP contribution < -0.4 is 0 Å². The van der Waals surface area contributed by atoms with E-state index >= 15 is 0 Å². The van der Waals surface area contributed by atoms with Crippen molar-refractivity contribution < 1.29 is 18.3 Å². The first-order chi connectivity index (χ1) is 13.3. The smallest absolute Gasteiger partial charge is 0.333 e. The molecule has 2 aromatic carbocycles. The number of rotatable bonds is 5. The SMILES string of the molecule is CC[C@@H]1C=C(C(=O)O)[C@H](c2ccc(C#N)cc2)N1S(=O)(=O)c1ccc(C)cc1. The average molecular weight is 396 g/mol. The quantitative estimate of drug-likeness (QED) is 0.835. The zero-order valence-corrected chi connectivity index (χ0v) is 16.3. The number of carbonyl (C=O) groups is 1. The average Bonchev–Trinajstić information content (AvgIpc) is 3.09. The van der Waals surface area contributed by atoms with Crippen LogP contribution in [0.3, 0.4) is 0 Å². The molecule has 1 heterocycles. The zero-order chi connectivity index (χ0) is 20.5. The van der Waals surface area contributed by atoms with E-state index in [1.165, 1.54) is 22.5 Å². The number of hydrogen-bond donors (Lipinski definition) is 1. The number of nitrogens with zero attached hydrogens (tertiary/aromatic N) is 2. The van der Waals surface area contributed by atoms with Gasteiger partial charge in [0.25, 0.3) is 0 Å². The van der Waals surface area contributed by atoms with Gasteiger partial charge in [-0.15, -0.1) is 0 Å². The highest BCUT2D eigenvalue weighted by Crippen LogP contribution is 2.41. The zero-order valence-electron chi connectivity index (χ0n) is 15.5. The first-order valence-corrected chi connectivity index (χ1v) is 10.3. The molecule has 1 N–H and O–H groups in total. The lowest BCUT2D eigenvalue weighted by Gasteiger charge is -2.30. The van der Waals surface area contributed by atoms with Crippen molar-refractivity contribution in [2.45, 2.75) is 37.2 Å². The highest BCUT2D eigenvalue weighted by atomic mass is 32.2. The van der Waals surface area contributed by atoms with Crippen LogP contribution in [0.15, 0.2) is 65.1 Å². The maximum absolute atomic E-state index is 13.4. The molecule has 0 radical (unpaired) electrons. The predicted molar refractivity (Wildman–Crippen MR) is 104 cm³/mol. The molecule has 2 atom stereocenters. The van der Waals surface area contributed by atoms with E-state index in [1.807, 2.05) is 19.9 Å². The Kier molecular flexibility index (Phi) is 5.36. The Balaban J connectivity index is 2.16. The van der Waals surface area contributed by atoms with Crippen molar-refractivity contribution in [3.05, 3.63) is 76.9 Å². The number of aliphatic carboxylic acids is 1. The van der Waals surface area contributed by atoms with Crippen LogP contribution in [-0.2, 0) is 14.8 Å². The highest BCUT2D eigenvalue weighted by Gasteiger charge is 2.45. The third kappa shape index (κ3) is 3.44. The monoisotopic (exact) mass is 396 g/mol. The van der Waals surface area contributed by atoms with Crippen LogP contribution in [0.5, 0.6) is 0 Å². The molecule has 144 valence electrons. The first-order valence-electron chi connectivity index (χ1n) is 8.85. The van der Waals surface area contributed by atoms with Gasteiger partial charge in [0.05, 0.1) is 28.1 Å². The Morgan fingerprint density at radius 3 is 2.25 bits per heavy atom.